The fourth-order valence-corrected chi connectivity index (χ4v) is 0.495. The topological polar surface area (TPSA) is 26.0 Å². The van der Waals surface area contributed by atoms with Gasteiger partial charge in [0.2, 0.25) is 0 Å². The van der Waals surface area contributed by atoms with Crippen molar-refractivity contribution in [3.05, 3.63) is 11.9 Å². The lowest BCUT2D eigenvalue weighted by molar-refractivity contribution is 0.585. The van der Waals surface area contributed by atoms with Gasteiger partial charge in [-0.15, -0.1) is 0 Å². The summed E-state index contributed by atoms with van der Waals surface area (Å²) in [6, 6.07) is 0. The second-order valence-electron chi connectivity index (χ2n) is 2.20. The lowest BCUT2D eigenvalue weighted by Crippen LogP contribution is -2.00. The van der Waals surface area contributed by atoms with Crippen LogP contribution in [0.4, 0.5) is 4.39 Å². The molecular formula is C7H14FN. The number of hydrogen-bond acceptors (Lipinski definition) is 1. The highest BCUT2D eigenvalue weighted by atomic mass is 19.1. The van der Waals surface area contributed by atoms with Gasteiger partial charge < -0.3 is 5.73 Å². The van der Waals surface area contributed by atoms with Gasteiger partial charge >= 0.3 is 0 Å². The van der Waals surface area contributed by atoms with Crippen molar-refractivity contribution in [2.75, 3.05) is 6.54 Å². The third kappa shape index (κ3) is 4.15. The van der Waals surface area contributed by atoms with Crippen LogP contribution >= 0.6 is 0 Å². The normalized spacial score (nSPS) is 15.8. The Morgan fingerprint density at radius 2 is 2.33 bits per heavy atom. The molecule has 2 heteroatoms. The van der Waals surface area contributed by atoms with Gasteiger partial charge in [-0.3, -0.25) is 0 Å². The van der Waals surface area contributed by atoms with Crippen molar-refractivity contribution in [3.63, 3.8) is 0 Å². The van der Waals surface area contributed by atoms with Gasteiger partial charge in [-0.2, -0.15) is 0 Å². The van der Waals surface area contributed by atoms with Gasteiger partial charge in [0, 0.05) is 6.54 Å². The second kappa shape index (κ2) is 4.50. The maximum Gasteiger partial charge on any atom is 0.110 e. The van der Waals surface area contributed by atoms with E-state index in [1.165, 1.54) is 0 Å². The van der Waals surface area contributed by atoms with E-state index in [2.05, 4.69) is 0 Å². The molecular weight excluding hydrogens is 117 g/mol. The standard InChI is InChI=1S/C7H14FN/c1-3-6(2)4-7(8)5-9/h4,6H,3,5,9H2,1-2H3/b7-4+/t6-/m1/s1. The minimum absolute atomic E-state index is 0.0321. The van der Waals surface area contributed by atoms with Crippen LogP contribution in [-0.4, -0.2) is 6.54 Å². The molecule has 0 saturated carbocycles. The van der Waals surface area contributed by atoms with Gasteiger partial charge in [0.05, 0.1) is 0 Å². The molecule has 0 saturated heterocycles. The molecule has 0 amide bonds. The highest BCUT2D eigenvalue weighted by molar-refractivity contribution is 4.95. The van der Waals surface area contributed by atoms with Crippen LogP contribution in [0.2, 0.25) is 0 Å². The molecule has 0 aromatic heterocycles. The van der Waals surface area contributed by atoms with Gasteiger partial charge in [-0.25, -0.2) is 4.39 Å². The van der Waals surface area contributed by atoms with Crippen molar-refractivity contribution in [2.45, 2.75) is 20.3 Å². The number of allylic oxidation sites excluding steroid dienone is 1. The van der Waals surface area contributed by atoms with Crippen molar-refractivity contribution >= 4 is 0 Å². The Morgan fingerprint density at radius 1 is 1.78 bits per heavy atom. The van der Waals surface area contributed by atoms with Crippen LogP contribution in [-0.2, 0) is 0 Å². The predicted molar refractivity (Wildman–Crippen MR) is 37.7 cm³/mol. The fraction of sp³-hybridized carbons (Fsp3) is 0.714. The second-order valence-corrected chi connectivity index (χ2v) is 2.20. The maximum absolute atomic E-state index is 12.3. The van der Waals surface area contributed by atoms with E-state index in [0.717, 1.165) is 6.42 Å². The van der Waals surface area contributed by atoms with E-state index in [9.17, 15) is 4.39 Å². The van der Waals surface area contributed by atoms with Crippen molar-refractivity contribution in [2.24, 2.45) is 11.7 Å². The van der Waals surface area contributed by atoms with E-state index >= 15 is 0 Å². The molecule has 0 rings (SSSR count). The van der Waals surface area contributed by atoms with E-state index in [0.29, 0.717) is 5.92 Å². The summed E-state index contributed by atoms with van der Waals surface area (Å²) in [6.07, 6.45) is 2.54. The van der Waals surface area contributed by atoms with Crippen molar-refractivity contribution in [1.29, 1.82) is 0 Å². The van der Waals surface area contributed by atoms with Crippen LogP contribution < -0.4 is 5.73 Å². The summed E-state index contributed by atoms with van der Waals surface area (Å²) in [5.41, 5.74) is 5.03. The molecule has 0 spiro atoms. The van der Waals surface area contributed by atoms with Crippen molar-refractivity contribution in [1.82, 2.24) is 0 Å². The molecule has 2 N–H and O–H groups in total. The summed E-state index contributed by atoms with van der Waals surface area (Å²) in [7, 11) is 0. The molecule has 0 aromatic carbocycles. The number of nitrogens with two attached hydrogens (primary N) is 1. The molecule has 0 aliphatic heterocycles. The molecule has 0 fully saturated rings. The highest BCUT2D eigenvalue weighted by Crippen LogP contribution is 2.06. The van der Waals surface area contributed by atoms with Crippen LogP contribution in [0, 0.1) is 5.92 Å². The summed E-state index contributed by atoms with van der Waals surface area (Å²) in [4.78, 5) is 0. The monoisotopic (exact) mass is 131 g/mol. The average molecular weight is 131 g/mol. The fourth-order valence-electron chi connectivity index (χ4n) is 0.495. The van der Waals surface area contributed by atoms with Gasteiger partial charge in [0.25, 0.3) is 0 Å². The van der Waals surface area contributed by atoms with E-state index in [1.54, 1.807) is 6.08 Å². The van der Waals surface area contributed by atoms with Crippen LogP contribution in [0.3, 0.4) is 0 Å². The molecule has 0 aliphatic carbocycles. The molecule has 1 atom stereocenters. The lowest BCUT2D eigenvalue weighted by Gasteiger charge is -1.99. The Morgan fingerprint density at radius 3 is 2.67 bits per heavy atom. The third-order valence-electron chi connectivity index (χ3n) is 1.30. The molecule has 0 unspecified atom stereocenters. The zero-order valence-corrected chi connectivity index (χ0v) is 6.02. The predicted octanol–water partition coefficient (Wildman–Crippen LogP) is 1.84. The smallest absolute Gasteiger partial charge is 0.110 e. The molecule has 9 heavy (non-hydrogen) atoms. The van der Waals surface area contributed by atoms with E-state index in [1.807, 2.05) is 13.8 Å². The molecule has 0 aliphatic rings. The molecule has 1 nitrogen and oxygen atoms in total. The first-order valence-corrected chi connectivity index (χ1v) is 3.27. The molecule has 0 radical (unpaired) electrons. The molecule has 0 heterocycles. The van der Waals surface area contributed by atoms with Crippen LogP contribution in [0.5, 0.6) is 0 Å². The van der Waals surface area contributed by atoms with E-state index < -0.39 is 0 Å². The van der Waals surface area contributed by atoms with Gasteiger partial charge in [0.1, 0.15) is 5.83 Å². The SMILES string of the molecule is CC[C@@H](C)/C=C(/F)CN. The van der Waals surface area contributed by atoms with Crippen molar-refractivity contribution < 1.29 is 4.39 Å². The molecule has 0 aromatic rings. The first-order chi connectivity index (χ1) is 4.20. The largest absolute Gasteiger partial charge is 0.325 e. The van der Waals surface area contributed by atoms with E-state index in [4.69, 9.17) is 5.73 Å². The van der Waals surface area contributed by atoms with Crippen LogP contribution in [0.1, 0.15) is 20.3 Å². The van der Waals surface area contributed by atoms with Crippen LogP contribution in [0.15, 0.2) is 11.9 Å². The minimum atomic E-state index is -0.204. The minimum Gasteiger partial charge on any atom is -0.325 e. The average Bonchev–Trinajstić information content (AvgIpc) is 1.87. The van der Waals surface area contributed by atoms with Gasteiger partial charge in [-0.1, -0.05) is 13.8 Å². The zero-order chi connectivity index (χ0) is 7.28. The summed E-state index contributed by atoms with van der Waals surface area (Å²) in [5.74, 6) is 0.109. The van der Waals surface area contributed by atoms with Gasteiger partial charge in [0.15, 0.2) is 0 Å². The third-order valence-corrected chi connectivity index (χ3v) is 1.30. The summed E-state index contributed by atoms with van der Waals surface area (Å²) in [6.45, 7) is 4.02. The quantitative estimate of drug-likeness (QED) is 0.621. The summed E-state index contributed by atoms with van der Waals surface area (Å²) in [5, 5.41) is 0. The van der Waals surface area contributed by atoms with Gasteiger partial charge in [-0.05, 0) is 18.4 Å². The Bertz CT molecular complexity index is 99.1. The van der Waals surface area contributed by atoms with Crippen molar-refractivity contribution in [3.8, 4) is 0 Å². The number of hydrogen-bond donors (Lipinski definition) is 1. The summed E-state index contributed by atoms with van der Waals surface area (Å²) >= 11 is 0. The Hall–Kier alpha value is -0.370. The Kier molecular flexibility index (Phi) is 4.32. The zero-order valence-electron chi connectivity index (χ0n) is 6.02. The number of halogens is 1. The maximum atomic E-state index is 12.3. The Balaban J connectivity index is 3.64. The summed E-state index contributed by atoms with van der Waals surface area (Å²) < 4.78 is 12.3. The lowest BCUT2D eigenvalue weighted by atomic mass is 10.1. The highest BCUT2D eigenvalue weighted by Gasteiger charge is 1.95. The molecule has 54 valence electrons. The molecule has 0 bridgehead atoms. The van der Waals surface area contributed by atoms with E-state index in [-0.39, 0.29) is 12.4 Å². The first kappa shape index (κ1) is 8.63. The Labute approximate surface area is 55.7 Å². The first-order valence-electron chi connectivity index (χ1n) is 3.27. The number of rotatable bonds is 3. The van der Waals surface area contributed by atoms with Crippen LogP contribution in [0.25, 0.3) is 0 Å².